The van der Waals surface area contributed by atoms with Crippen LogP contribution in [0.15, 0.2) is 69.7 Å². The predicted octanol–water partition coefficient (Wildman–Crippen LogP) is 2.42. The van der Waals surface area contributed by atoms with Gasteiger partial charge in [0.2, 0.25) is 10.0 Å². The van der Waals surface area contributed by atoms with Gasteiger partial charge in [0.1, 0.15) is 6.26 Å². The highest BCUT2D eigenvalue weighted by Gasteiger charge is 2.26. The number of piperazine rings is 1. The molecule has 1 saturated heterocycles. The van der Waals surface area contributed by atoms with Crippen molar-refractivity contribution in [3.05, 3.63) is 76.4 Å². The van der Waals surface area contributed by atoms with Crippen LogP contribution in [0, 0.1) is 0 Å². The van der Waals surface area contributed by atoms with Crippen LogP contribution in [0.25, 0.3) is 0 Å². The molecule has 1 aromatic carbocycles. The minimum atomic E-state index is -3.74. The smallest absolute Gasteiger partial charge is 0.257 e. The number of hydrogen-bond acceptors (Lipinski definition) is 6. The molecule has 2 aromatic heterocycles. The van der Waals surface area contributed by atoms with Gasteiger partial charge in [0, 0.05) is 43.2 Å². The Morgan fingerprint density at radius 3 is 2.29 bits per heavy atom. The van der Waals surface area contributed by atoms with Crippen LogP contribution < -0.4 is 4.72 Å². The fraction of sp³-hybridized carbons (Fsp3) is 0.238. The normalized spacial score (nSPS) is 14.6. The monoisotopic (exact) mass is 459 g/mol. The zero-order chi connectivity index (χ0) is 21.8. The van der Waals surface area contributed by atoms with Gasteiger partial charge in [-0.25, -0.2) is 13.1 Å². The van der Waals surface area contributed by atoms with Gasteiger partial charge in [-0.3, -0.25) is 9.59 Å². The molecule has 10 heteroatoms. The van der Waals surface area contributed by atoms with Crippen LogP contribution in [-0.2, 0) is 16.6 Å². The van der Waals surface area contributed by atoms with Gasteiger partial charge in [0.25, 0.3) is 11.8 Å². The Balaban J connectivity index is 1.40. The van der Waals surface area contributed by atoms with Crippen molar-refractivity contribution >= 4 is 33.2 Å². The maximum atomic E-state index is 12.9. The van der Waals surface area contributed by atoms with E-state index in [1.54, 1.807) is 28.0 Å². The SMILES string of the molecule is O=C(c1ccoc1)N1CCN(C(=O)c2cccc(S(=O)(=O)NCc3cccs3)c2)CC1. The molecule has 1 aliphatic heterocycles. The Labute approximate surface area is 184 Å². The second-order valence-electron chi connectivity index (χ2n) is 7.03. The van der Waals surface area contributed by atoms with E-state index >= 15 is 0 Å². The molecule has 0 unspecified atom stereocenters. The first kappa shape index (κ1) is 21.3. The Kier molecular flexibility index (Phi) is 6.21. The Bertz CT molecular complexity index is 1150. The second kappa shape index (κ2) is 9.04. The molecule has 8 nitrogen and oxygen atoms in total. The Morgan fingerprint density at radius 2 is 1.68 bits per heavy atom. The van der Waals surface area contributed by atoms with E-state index in [1.165, 1.54) is 36.0 Å². The molecule has 31 heavy (non-hydrogen) atoms. The van der Waals surface area contributed by atoms with Crippen LogP contribution in [0.3, 0.4) is 0 Å². The van der Waals surface area contributed by atoms with Crippen molar-refractivity contribution in [2.75, 3.05) is 26.2 Å². The van der Waals surface area contributed by atoms with Gasteiger partial charge in [-0.2, -0.15) is 0 Å². The van der Waals surface area contributed by atoms with E-state index in [-0.39, 0.29) is 23.3 Å². The number of amides is 2. The lowest BCUT2D eigenvalue weighted by molar-refractivity contribution is 0.0535. The zero-order valence-corrected chi connectivity index (χ0v) is 18.2. The fourth-order valence-electron chi connectivity index (χ4n) is 3.32. The van der Waals surface area contributed by atoms with E-state index in [0.717, 1.165) is 4.88 Å². The van der Waals surface area contributed by atoms with E-state index in [4.69, 9.17) is 4.42 Å². The molecule has 3 heterocycles. The van der Waals surface area contributed by atoms with E-state index < -0.39 is 10.0 Å². The highest BCUT2D eigenvalue weighted by Crippen LogP contribution is 2.17. The minimum absolute atomic E-state index is 0.0451. The first-order valence-corrected chi connectivity index (χ1v) is 12.0. The van der Waals surface area contributed by atoms with Gasteiger partial charge in [0.05, 0.1) is 16.7 Å². The van der Waals surface area contributed by atoms with Crippen molar-refractivity contribution in [3.63, 3.8) is 0 Å². The molecule has 4 rings (SSSR count). The lowest BCUT2D eigenvalue weighted by Gasteiger charge is -2.34. The number of thiophene rings is 1. The molecule has 1 N–H and O–H groups in total. The number of rotatable bonds is 6. The maximum absolute atomic E-state index is 12.9. The van der Waals surface area contributed by atoms with Gasteiger partial charge in [0.15, 0.2) is 0 Å². The highest BCUT2D eigenvalue weighted by atomic mass is 32.2. The molecule has 1 fully saturated rings. The quantitative estimate of drug-likeness (QED) is 0.610. The molecule has 3 aromatic rings. The summed E-state index contributed by atoms with van der Waals surface area (Å²) in [5.41, 5.74) is 0.779. The predicted molar refractivity (Wildman–Crippen MR) is 115 cm³/mol. The third-order valence-electron chi connectivity index (χ3n) is 5.03. The van der Waals surface area contributed by atoms with Gasteiger partial charge in [-0.1, -0.05) is 12.1 Å². The standard InChI is InChI=1S/C21H21N3O5S2/c25-20(23-7-9-24(10-8-23)21(26)17-6-11-29-15-17)16-3-1-5-19(13-16)31(27,28)22-14-18-4-2-12-30-18/h1-6,11-13,15,22H,7-10,14H2. The van der Waals surface area contributed by atoms with Crippen molar-refractivity contribution in [1.82, 2.24) is 14.5 Å². The van der Waals surface area contributed by atoms with Gasteiger partial charge >= 0.3 is 0 Å². The minimum Gasteiger partial charge on any atom is -0.472 e. The third-order valence-corrected chi connectivity index (χ3v) is 7.31. The van der Waals surface area contributed by atoms with E-state index in [0.29, 0.717) is 37.3 Å². The average molecular weight is 460 g/mol. The summed E-state index contributed by atoms with van der Waals surface area (Å²) in [5, 5.41) is 1.88. The summed E-state index contributed by atoms with van der Waals surface area (Å²) in [5.74, 6) is -0.392. The van der Waals surface area contributed by atoms with Crippen LogP contribution in [0.4, 0.5) is 0 Å². The fourth-order valence-corrected chi connectivity index (χ4v) is 5.11. The molecule has 162 valence electrons. The number of nitrogens with one attached hydrogen (secondary N) is 1. The number of nitrogens with zero attached hydrogens (tertiary/aromatic N) is 2. The van der Waals surface area contributed by atoms with Gasteiger partial charge in [-0.05, 0) is 35.7 Å². The first-order valence-electron chi connectivity index (χ1n) is 9.67. The lowest BCUT2D eigenvalue weighted by Crippen LogP contribution is -2.50. The van der Waals surface area contributed by atoms with Crippen LogP contribution in [-0.4, -0.2) is 56.2 Å². The van der Waals surface area contributed by atoms with Crippen LogP contribution in [0.1, 0.15) is 25.6 Å². The zero-order valence-electron chi connectivity index (χ0n) is 16.6. The average Bonchev–Trinajstić information content (AvgIpc) is 3.51. The molecule has 0 aliphatic carbocycles. The summed E-state index contributed by atoms with van der Waals surface area (Å²) in [4.78, 5) is 29.6. The maximum Gasteiger partial charge on any atom is 0.257 e. The number of hydrogen-bond donors (Lipinski definition) is 1. The number of carbonyl (C=O) groups is 2. The number of carbonyl (C=O) groups excluding carboxylic acids is 2. The van der Waals surface area contributed by atoms with Gasteiger partial charge in [-0.15, -0.1) is 11.3 Å². The number of benzene rings is 1. The molecule has 1 aliphatic rings. The molecule has 0 radical (unpaired) electrons. The summed E-state index contributed by atoms with van der Waals surface area (Å²) in [7, 11) is -3.74. The third kappa shape index (κ3) is 4.87. The topological polar surface area (TPSA) is 99.9 Å². The summed E-state index contributed by atoms with van der Waals surface area (Å²) >= 11 is 1.47. The molecule has 2 amide bonds. The highest BCUT2D eigenvalue weighted by molar-refractivity contribution is 7.89. The number of sulfonamides is 1. The molecular formula is C21H21N3O5S2. The first-order chi connectivity index (χ1) is 14.9. The summed E-state index contributed by atoms with van der Waals surface area (Å²) in [6.07, 6.45) is 2.85. The van der Waals surface area contributed by atoms with Crippen molar-refractivity contribution in [3.8, 4) is 0 Å². The Morgan fingerprint density at radius 1 is 0.968 bits per heavy atom. The van der Waals surface area contributed by atoms with E-state index in [1.807, 2.05) is 17.5 Å². The van der Waals surface area contributed by atoms with Crippen LogP contribution in [0.5, 0.6) is 0 Å². The lowest BCUT2D eigenvalue weighted by atomic mass is 10.1. The van der Waals surface area contributed by atoms with E-state index in [2.05, 4.69) is 4.72 Å². The molecule has 0 saturated carbocycles. The van der Waals surface area contributed by atoms with Crippen molar-refractivity contribution in [2.45, 2.75) is 11.4 Å². The van der Waals surface area contributed by atoms with Gasteiger partial charge < -0.3 is 14.2 Å². The molecule has 0 atom stereocenters. The van der Waals surface area contributed by atoms with Crippen molar-refractivity contribution in [1.29, 1.82) is 0 Å². The van der Waals surface area contributed by atoms with Crippen molar-refractivity contribution in [2.24, 2.45) is 0 Å². The Hall–Kier alpha value is -2.95. The largest absolute Gasteiger partial charge is 0.472 e. The summed E-state index contributed by atoms with van der Waals surface area (Å²) in [6.45, 7) is 1.74. The van der Waals surface area contributed by atoms with Crippen LogP contribution in [0.2, 0.25) is 0 Å². The second-order valence-corrected chi connectivity index (χ2v) is 9.83. The van der Waals surface area contributed by atoms with E-state index in [9.17, 15) is 18.0 Å². The summed E-state index contributed by atoms with van der Waals surface area (Å²) < 4.78 is 32.8. The van der Waals surface area contributed by atoms with Crippen molar-refractivity contribution < 1.29 is 22.4 Å². The molecular weight excluding hydrogens is 438 g/mol. The molecule has 0 spiro atoms. The molecule has 0 bridgehead atoms. The number of furan rings is 1. The van der Waals surface area contributed by atoms with Crippen LogP contribution >= 0.6 is 11.3 Å². The summed E-state index contributed by atoms with van der Waals surface area (Å²) in [6, 6.07) is 11.3.